The number of nitrogens with zero attached hydrogens (tertiary/aromatic N) is 2. The van der Waals surface area contributed by atoms with E-state index in [4.69, 9.17) is 32.7 Å². The molecule has 0 unspecified atom stereocenters. The summed E-state index contributed by atoms with van der Waals surface area (Å²) in [6, 6.07) is 12.7. The summed E-state index contributed by atoms with van der Waals surface area (Å²) in [5.41, 5.74) is 0.433. The minimum Gasteiger partial charge on any atom is -0.486 e. The molecule has 2 amide bonds. The van der Waals surface area contributed by atoms with Crippen LogP contribution in [0.5, 0.6) is 11.5 Å². The summed E-state index contributed by atoms with van der Waals surface area (Å²) in [5.74, 6) is -0.954. The number of carbonyl (C=O) groups excluding carboxylic acids is 2. The van der Waals surface area contributed by atoms with E-state index in [1.807, 2.05) is 13.8 Å². The maximum Gasteiger partial charge on any atom is 0.264 e. The van der Waals surface area contributed by atoms with Gasteiger partial charge in [0, 0.05) is 34.8 Å². The van der Waals surface area contributed by atoms with Crippen molar-refractivity contribution in [2.75, 3.05) is 30.6 Å². The quantitative estimate of drug-likeness (QED) is 0.302. The summed E-state index contributed by atoms with van der Waals surface area (Å²) < 4.78 is 53.9. The van der Waals surface area contributed by atoms with Crippen molar-refractivity contribution in [2.24, 2.45) is 5.92 Å². The molecule has 0 spiro atoms. The molecule has 0 aromatic heterocycles. The van der Waals surface area contributed by atoms with Crippen molar-refractivity contribution in [3.63, 3.8) is 0 Å². The molecular formula is C30H32Cl2FN3O6S. The van der Waals surface area contributed by atoms with Gasteiger partial charge in [-0.15, -0.1) is 0 Å². The standard InChI is InChI=1S/C30H32Cl2FN3O6S/c1-19(2)16-34-30(38)20(3)35(17-24-25(31)5-4-6-26(24)32)29(37)18-36(22-9-7-21(33)8-10-22)43(39,40)23-11-12-27-28(15-23)42-14-13-41-27/h4-12,15,19-20H,13-14,16-18H2,1-3H3,(H,34,38)/t20-/m0/s1. The maximum absolute atomic E-state index is 14.1. The Balaban J connectivity index is 1.73. The third-order valence-corrected chi connectivity index (χ3v) is 9.22. The molecule has 1 aliphatic heterocycles. The van der Waals surface area contributed by atoms with Gasteiger partial charge < -0.3 is 19.7 Å². The van der Waals surface area contributed by atoms with Crippen molar-refractivity contribution in [3.05, 3.63) is 82.1 Å². The second kappa shape index (κ2) is 13.8. The molecule has 0 radical (unpaired) electrons. The molecule has 43 heavy (non-hydrogen) atoms. The lowest BCUT2D eigenvalue weighted by atomic mass is 10.1. The molecular weight excluding hydrogens is 620 g/mol. The highest BCUT2D eigenvalue weighted by Crippen LogP contribution is 2.34. The average Bonchev–Trinajstić information content (AvgIpc) is 2.98. The maximum atomic E-state index is 14.1. The number of rotatable bonds is 11. The Kier molecular flexibility index (Phi) is 10.4. The van der Waals surface area contributed by atoms with E-state index in [0.717, 1.165) is 16.4 Å². The molecule has 0 saturated carbocycles. The SMILES string of the molecule is CC(C)CNC(=O)[C@H](C)N(Cc1c(Cl)cccc1Cl)C(=O)CN(c1ccc(F)cc1)S(=O)(=O)c1ccc2c(c1)OCCO2. The number of carbonyl (C=O) groups is 2. The summed E-state index contributed by atoms with van der Waals surface area (Å²) in [7, 11) is -4.41. The van der Waals surface area contributed by atoms with E-state index in [-0.39, 0.29) is 45.4 Å². The van der Waals surface area contributed by atoms with Gasteiger partial charge in [-0.1, -0.05) is 43.1 Å². The largest absolute Gasteiger partial charge is 0.486 e. The first-order valence-corrected chi connectivity index (χ1v) is 15.8. The third-order valence-electron chi connectivity index (χ3n) is 6.74. The van der Waals surface area contributed by atoms with Gasteiger partial charge in [0.2, 0.25) is 11.8 Å². The zero-order valence-corrected chi connectivity index (χ0v) is 26.2. The van der Waals surface area contributed by atoms with Gasteiger partial charge in [0.25, 0.3) is 10.0 Å². The smallest absolute Gasteiger partial charge is 0.264 e. The van der Waals surface area contributed by atoms with Gasteiger partial charge in [-0.2, -0.15) is 0 Å². The van der Waals surface area contributed by atoms with Crippen molar-refractivity contribution in [1.29, 1.82) is 0 Å². The molecule has 3 aromatic rings. The van der Waals surface area contributed by atoms with E-state index >= 15 is 0 Å². The van der Waals surface area contributed by atoms with Gasteiger partial charge in [-0.3, -0.25) is 13.9 Å². The minimum atomic E-state index is -4.41. The van der Waals surface area contributed by atoms with Crippen LogP contribution in [0.4, 0.5) is 10.1 Å². The van der Waals surface area contributed by atoms with Crippen molar-refractivity contribution < 1.29 is 31.9 Å². The Morgan fingerprint density at radius 1 is 0.953 bits per heavy atom. The zero-order chi connectivity index (χ0) is 31.3. The minimum absolute atomic E-state index is 0.0391. The Labute approximate surface area is 260 Å². The van der Waals surface area contributed by atoms with Crippen LogP contribution in [-0.4, -0.2) is 57.5 Å². The van der Waals surface area contributed by atoms with E-state index in [1.165, 1.54) is 42.2 Å². The lowest BCUT2D eigenvalue weighted by molar-refractivity contribution is -0.139. The van der Waals surface area contributed by atoms with Gasteiger partial charge in [-0.25, -0.2) is 12.8 Å². The van der Waals surface area contributed by atoms with Crippen LogP contribution in [0.15, 0.2) is 65.6 Å². The number of sulfonamides is 1. The fraction of sp³-hybridized carbons (Fsp3) is 0.333. The normalized spacial score (nSPS) is 13.4. The number of halogens is 3. The van der Waals surface area contributed by atoms with Crippen molar-refractivity contribution in [3.8, 4) is 11.5 Å². The van der Waals surface area contributed by atoms with E-state index in [1.54, 1.807) is 18.2 Å². The number of anilines is 1. The van der Waals surface area contributed by atoms with E-state index in [2.05, 4.69) is 5.32 Å². The van der Waals surface area contributed by atoms with Crippen LogP contribution in [-0.2, 0) is 26.2 Å². The molecule has 1 N–H and O–H groups in total. The van der Waals surface area contributed by atoms with Gasteiger partial charge in [0.05, 0.1) is 10.6 Å². The van der Waals surface area contributed by atoms with Crippen LogP contribution in [0.3, 0.4) is 0 Å². The van der Waals surface area contributed by atoms with Crippen molar-refractivity contribution in [2.45, 2.75) is 38.3 Å². The molecule has 3 aromatic carbocycles. The van der Waals surface area contributed by atoms with Gasteiger partial charge in [0.1, 0.15) is 31.6 Å². The average molecular weight is 653 g/mol. The number of ether oxygens (including phenoxy) is 2. The first-order valence-electron chi connectivity index (χ1n) is 13.6. The second-order valence-corrected chi connectivity index (χ2v) is 13.0. The molecule has 4 rings (SSSR count). The molecule has 13 heteroatoms. The molecule has 0 fully saturated rings. The monoisotopic (exact) mass is 651 g/mol. The van der Waals surface area contributed by atoms with Crippen LogP contribution >= 0.6 is 23.2 Å². The summed E-state index contributed by atoms with van der Waals surface area (Å²) in [5, 5.41) is 3.36. The fourth-order valence-electron chi connectivity index (χ4n) is 4.34. The predicted molar refractivity (Wildman–Crippen MR) is 163 cm³/mol. The molecule has 0 bridgehead atoms. The van der Waals surface area contributed by atoms with Crippen molar-refractivity contribution in [1.82, 2.24) is 10.2 Å². The molecule has 9 nitrogen and oxygen atoms in total. The van der Waals surface area contributed by atoms with Crippen LogP contribution in [0.1, 0.15) is 26.3 Å². The third kappa shape index (κ3) is 7.70. The zero-order valence-electron chi connectivity index (χ0n) is 23.8. The van der Waals surface area contributed by atoms with Gasteiger partial charge in [0.15, 0.2) is 11.5 Å². The first kappa shape index (κ1) is 32.4. The number of hydrogen-bond acceptors (Lipinski definition) is 6. The number of hydrogen-bond donors (Lipinski definition) is 1. The lowest BCUT2D eigenvalue weighted by Gasteiger charge is -2.32. The molecule has 0 saturated heterocycles. The summed E-state index contributed by atoms with van der Waals surface area (Å²) in [6.45, 7) is 5.45. The van der Waals surface area contributed by atoms with E-state index in [0.29, 0.717) is 24.5 Å². The van der Waals surface area contributed by atoms with Crippen LogP contribution < -0.4 is 19.1 Å². The Morgan fingerprint density at radius 2 is 1.58 bits per heavy atom. The summed E-state index contributed by atoms with van der Waals surface area (Å²) in [6.07, 6.45) is 0. The van der Waals surface area contributed by atoms with E-state index < -0.39 is 40.2 Å². The van der Waals surface area contributed by atoms with Crippen LogP contribution in [0.25, 0.3) is 0 Å². The number of fused-ring (bicyclic) bond motifs is 1. The molecule has 230 valence electrons. The van der Waals surface area contributed by atoms with Gasteiger partial charge in [-0.05, 0) is 61.4 Å². The van der Waals surface area contributed by atoms with Crippen molar-refractivity contribution >= 4 is 50.7 Å². The first-order chi connectivity index (χ1) is 20.4. The molecule has 1 atom stereocenters. The highest BCUT2D eigenvalue weighted by Gasteiger charge is 2.34. The van der Waals surface area contributed by atoms with E-state index in [9.17, 15) is 22.4 Å². The summed E-state index contributed by atoms with van der Waals surface area (Å²) in [4.78, 5) is 28.2. The highest BCUT2D eigenvalue weighted by atomic mass is 35.5. The number of amides is 2. The Hall–Kier alpha value is -3.54. The molecule has 1 aliphatic rings. The second-order valence-electron chi connectivity index (χ2n) is 10.3. The number of benzene rings is 3. The van der Waals surface area contributed by atoms with Gasteiger partial charge >= 0.3 is 0 Å². The van der Waals surface area contributed by atoms with Crippen LogP contribution in [0.2, 0.25) is 10.0 Å². The lowest BCUT2D eigenvalue weighted by Crippen LogP contribution is -2.51. The predicted octanol–water partition coefficient (Wildman–Crippen LogP) is 5.29. The number of nitrogens with one attached hydrogen (secondary N) is 1. The molecule has 1 heterocycles. The highest BCUT2D eigenvalue weighted by molar-refractivity contribution is 7.92. The summed E-state index contributed by atoms with van der Waals surface area (Å²) >= 11 is 12.8. The fourth-order valence-corrected chi connectivity index (χ4v) is 6.28. The Bertz CT molecular complexity index is 1570. The van der Waals surface area contributed by atoms with Crippen LogP contribution in [0, 0.1) is 11.7 Å². The molecule has 0 aliphatic carbocycles. The Morgan fingerprint density at radius 3 is 2.21 bits per heavy atom. The topological polar surface area (TPSA) is 105 Å².